The summed E-state index contributed by atoms with van der Waals surface area (Å²) in [6, 6.07) is 6.75. The van der Waals surface area contributed by atoms with Crippen LogP contribution in [0.2, 0.25) is 0 Å². The molecule has 0 bridgehead atoms. The highest BCUT2D eigenvalue weighted by Crippen LogP contribution is 2.43. The van der Waals surface area contributed by atoms with Crippen LogP contribution in [0.15, 0.2) is 56.5 Å². The molecule has 1 aromatic heterocycles. The van der Waals surface area contributed by atoms with Crippen LogP contribution in [-0.4, -0.2) is 45.1 Å². The molecule has 3 heterocycles. The lowest BCUT2D eigenvalue weighted by molar-refractivity contribution is -0.679. The average molecular weight is 508 g/mol. The molecule has 0 amide bonds. The largest absolute Gasteiger partial charge is 0.744 e. The van der Waals surface area contributed by atoms with Crippen molar-refractivity contribution < 1.29 is 49.2 Å². The van der Waals surface area contributed by atoms with E-state index >= 15 is 0 Å². The third-order valence-corrected chi connectivity index (χ3v) is 7.25. The molecule has 1 atom stereocenters. The molecule has 2 aliphatic rings. The van der Waals surface area contributed by atoms with Crippen molar-refractivity contribution in [1.29, 1.82) is 0 Å². The van der Waals surface area contributed by atoms with Crippen LogP contribution >= 0.6 is 0 Å². The van der Waals surface area contributed by atoms with E-state index in [0.29, 0.717) is 11.1 Å². The number of fused-ring (bicyclic) bond motifs is 6. The maximum absolute atomic E-state index is 12.2. The van der Waals surface area contributed by atoms with E-state index < -0.39 is 37.1 Å². The van der Waals surface area contributed by atoms with Gasteiger partial charge < -0.3 is 18.4 Å². The summed E-state index contributed by atoms with van der Waals surface area (Å²) in [6.07, 6.45) is 1.33. The normalized spacial score (nSPS) is 17.3. The maximum Gasteiger partial charge on any atom is 0.379 e. The van der Waals surface area contributed by atoms with E-state index in [1.165, 1.54) is 37.5 Å². The molecular formula is C20H16N2O10S2. The Balaban J connectivity index is 1.69. The molecule has 1 unspecified atom stereocenters. The number of hydrogen-bond acceptors (Lipinski definition) is 10. The monoisotopic (exact) mass is 508 g/mol. The summed E-state index contributed by atoms with van der Waals surface area (Å²) in [6.45, 7) is 0.0590. The smallest absolute Gasteiger partial charge is 0.379 e. The van der Waals surface area contributed by atoms with Crippen LogP contribution in [0.3, 0.4) is 0 Å². The molecule has 5 rings (SSSR count). The minimum absolute atomic E-state index is 0.0590. The van der Waals surface area contributed by atoms with Gasteiger partial charge in [-0.25, -0.2) is 8.42 Å². The highest BCUT2D eigenvalue weighted by atomic mass is 32.2. The molecule has 14 heteroatoms. The molecule has 178 valence electrons. The number of ether oxygens (including phenoxy) is 2. The number of aromatic nitrogens is 1. The predicted octanol–water partition coefficient (Wildman–Crippen LogP) is 1.01. The highest BCUT2D eigenvalue weighted by Gasteiger charge is 2.42. The molecular weight excluding hydrogens is 492 g/mol. The van der Waals surface area contributed by atoms with Crippen LogP contribution in [0, 0.1) is 0 Å². The molecule has 0 saturated heterocycles. The molecule has 0 aliphatic carbocycles. The number of hydrogen-bond donors (Lipinski definition) is 1. The fraction of sp³-hybridized carbons (Fsp3) is 0.200. The Morgan fingerprint density at radius 2 is 1.94 bits per heavy atom. The SMILES string of the molecule is COC(=O)CC1C[n+]2c(oc3ccc(S(=O)(=O)O)cc32)C=C2Oc3ccc(S(=O)(=O)[O-])cc3N21. The molecule has 1 N–H and O–H groups in total. The number of oxazole rings is 1. The van der Waals surface area contributed by atoms with E-state index in [1.807, 2.05) is 0 Å². The quantitative estimate of drug-likeness (QED) is 0.303. The first kappa shape index (κ1) is 22.3. The van der Waals surface area contributed by atoms with Crippen molar-refractivity contribution in [2.75, 3.05) is 12.0 Å². The summed E-state index contributed by atoms with van der Waals surface area (Å²) >= 11 is 0. The second kappa shape index (κ2) is 7.53. The Morgan fingerprint density at radius 3 is 2.62 bits per heavy atom. The number of rotatable bonds is 4. The minimum atomic E-state index is -4.75. The van der Waals surface area contributed by atoms with Crippen molar-refractivity contribution in [1.82, 2.24) is 0 Å². The third kappa shape index (κ3) is 3.69. The Kier molecular flexibility index (Phi) is 4.95. The molecule has 0 fully saturated rings. The first-order chi connectivity index (χ1) is 16.0. The number of methoxy groups -OCH3 is 1. The molecule has 34 heavy (non-hydrogen) atoms. The van der Waals surface area contributed by atoms with Crippen molar-refractivity contribution in [3.63, 3.8) is 0 Å². The Labute approximate surface area is 193 Å². The van der Waals surface area contributed by atoms with Crippen LogP contribution in [-0.2, 0) is 36.3 Å². The molecule has 3 aromatic rings. The van der Waals surface area contributed by atoms with Gasteiger partial charge in [0.1, 0.15) is 27.1 Å². The summed E-state index contributed by atoms with van der Waals surface area (Å²) in [5.41, 5.74) is 0.902. The van der Waals surface area contributed by atoms with E-state index in [1.54, 1.807) is 9.47 Å². The maximum atomic E-state index is 12.2. The van der Waals surface area contributed by atoms with Gasteiger partial charge in [-0.2, -0.15) is 13.0 Å². The van der Waals surface area contributed by atoms with Gasteiger partial charge in [0.25, 0.3) is 15.6 Å². The number of nitrogens with zero attached hydrogens (tertiary/aromatic N) is 2. The number of anilines is 1. The van der Waals surface area contributed by atoms with Crippen molar-refractivity contribution in [3.05, 3.63) is 48.2 Å². The zero-order chi connectivity index (χ0) is 24.4. The minimum Gasteiger partial charge on any atom is -0.744 e. The van der Waals surface area contributed by atoms with E-state index in [-0.39, 0.29) is 41.1 Å². The lowest BCUT2D eigenvalue weighted by Crippen LogP contribution is -2.47. The van der Waals surface area contributed by atoms with Crippen molar-refractivity contribution >= 4 is 49.1 Å². The average Bonchev–Trinajstić information content (AvgIpc) is 3.24. The van der Waals surface area contributed by atoms with Gasteiger partial charge in [0.15, 0.2) is 12.3 Å². The molecule has 2 aliphatic heterocycles. The lowest BCUT2D eigenvalue weighted by Gasteiger charge is -2.25. The number of benzene rings is 2. The second-order valence-electron chi connectivity index (χ2n) is 7.63. The van der Waals surface area contributed by atoms with Crippen LogP contribution in [0.5, 0.6) is 5.75 Å². The standard InChI is InChI=1S/C20H16N2O10S2/c1-30-20(23)6-11-10-21-14-7-12(33(24,25)26)2-4-16(14)31-18(21)9-19-22(11)15-8-13(34(27,28)29)3-5-17(15)32-19/h2-5,7-9,11H,6,10H2,1H3,(H-,24,25,26,27,28,29). The molecule has 12 nitrogen and oxygen atoms in total. The van der Waals surface area contributed by atoms with Gasteiger partial charge in [-0.1, -0.05) is 0 Å². The molecule has 0 radical (unpaired) electrons. The predicted molar refractivity (Wildman–Crippen MR) is 112 cm³/mol. The number of esters is 1. The first-order valence-electron chi connectivity index (χ1n) is 9.75. The first-order valence-corrected chi connectivity index (χ1v) is 12.6. The summed E-state index contributed by atoms with van der Waals surface area (Å²) < 4.78 is 85.5. The molecule has 0 spiro atoms. The van der Waals surface area contributed by atoms with Crippen LogP contribution in [0.1, 0.15) is 12.3 Å². The Morgan fingerprint density at radius 1 is 1.21 bits per heavy atom. The summed E-state index contributed by atoms with van der Waals surface area (Å²) in [5.74, 6) is 0.150. The van der Waals surface area contributed by atoms with Crippen LogP contribution in [0.4, 0.5) is 5.69 Å². The number of carbonyl (C=O) groups is 1. The molecule has 2 aromatic carbocycles. The van der Waals surface area contributed by atoms with E-state index in [4.69, 9.17) is 13.9 Å². The van der Waals surface area contributed by atoms with E-state index in [0.717, 1.165) is 12.1 Å². The Bertz CT molecular complexity index is 1610. The van der Waals surface area contributed by atoms with Gasteiger partial charge in [0.05, 0.1) is 24.1 Å². The van der Waals surface area contributed by atoms with Gasteiger partial charge >= 0.3 is 11.9 Å². The van der Waals surface area contributed by atoms with E-state index in [9.17, 15) is 30.7 Å². The third-order valence-electron chi connectivity index (χ3n) is 5.57. The summed E-state index contributed by atoms with van der Waals surface area (Å²) in [7, 11) is -8.02. The summed E-state index contributed by atoms with van der Waals surface area (Å²) in [4.78, 5) is 13.0. The number of carbonyl (C=O) groups excluding carboxylic acids is 1. The van der Waals surface area contributed by atoms with Crippen LogP contribution < -0.4 is 14.2 Å². The fourth-order valence-corrected chi connectivity index (χ4v) is 5.04. The van der Waals surface area contributed by atoms with Crippen molar-refractivity contribution in [2.45, 2.75) is 28.8 Å². The van der Waals surface area contributed by atoms with Gasteiger partial charge in [-0.15, -0.1) is 0 Å². The molecule has 0 saturated carbocycles. The second-order valence-corrected chi connectivity index (χ2v) is 10.4. The lowest BCUT2D eigenvalue weighted by atomic mass is 10.1. The van der Waals surface area contributed by atoms with Gasteiger partial charge in [-0.3, -0.25) is 14.2 Å². The topological polar surface area (TPSA) is 167 Å². The van der Waals surface area contributed by atoms with E-state index in [2.05, 4.69) is 0 Å². The van der Waals surface area contributed by atoms with Crippen molar-refractivity contribution in [3.8, 4) is 5.75 Å². The summed E-state index contributed by atoms with van der Waals surface area (Å²) in [5, 5.41) is 0. The van der Waals surface area contributed by atoms with Gasteiger partial charge in [0.2, 0.25) is 11.5 Å². The van der Waals surface area contributed by atoms with Crippen LogP contribution in [0.25, 0.3) is 17.2 Å². The van der Waals surface area contributed by atoms with Crippen molar-refractivity contribution in [2.24, 2.45) is 0 Å². The fourth-order valence-electron chi connectivity index (χ4n) is 4.05. The van der Waals surface area contributed by atoms with Gasteiger partial charge in [0, 0.05) is 6.07 Å². The highest BCUT2D eigenvalue weighted by molar-refractivity contribution is 7.86. The zero-order valence-electron chi connectivity index (χ0n) is 17.4. The zero-order valence-corrected chi connectivity index (χ0v) is 19.0. The van der Waals surface area contributed by atoms with Gasteiger partial charge in [-0.05, 0) is 30.3 Å². The Hall–Kier alpha value is -3.46.